The van der Waals surface area contributed by atoms with Gasteiger partial charge in [0, 0.05) is 44.7 Å². The SMILES string of the molecule is Cc1ccccc1-c1cc2c(cc1Nc1ccc(-c3nc(-c4ccccc4)cc(-c4ccccc4)n3)cc1)N(c1ccccc1)c1ccccc1C2(C)C. The number of anilines is 5. The van der Waals surface area contributed by atoms with Crippen LogP contribution in [0.15, 0.2) is 182 Å². The van der Waals surface area contributed by atoms with Crippen LogP contribution in [0.4, 0.5) is 28.4 Å². The first-order valence-electron chi connectivity index (χ1n) is 18.5. The van der Waals surface area contributed by atoms with Crippen LogP contribution in [-0.2, 0) is 5.41 Å². The fourth-order valence-electron chi connectivity index (χ4n) is 7.75. The van der Waals surface area contributed by atoms with Crippen molar-refractivity contribution in [3.05, 3.63) is 199 Å². The van der Waals surface area contributed by atoms with Gasteiger partial charge in [0.25, 0.3) is 0 Å². The van der Waals surface area contributed by atoms with Crippen molar-refractivity contribution in [1.29, 1.82) is 0 Å². The molecule has 0 amide bonds. The summed E-state index contributed by atoms with van der Waals surface area (Å²) in [4.78, 5) is 12.5. The van der Waals surface area contributed by atoms with E-state index in [-0.39, 0.29) is 5.41 Å². The summed E-state index contributed by atoms with van der Waals surface area (Å²) >= 11 is 0. The van der Waals surface area contributed by atoms with Gasteiger partial charge in [-0.1, -0.05) is 135 Å². The normalized spacial score (nSPS) is 12.8. The number of hydrogen-bond acceptors (Lipinski definition) is 4. The Morgan fingerprint density at radius 1 is 0.481 bits per heavy atom. The second-order valence-electron chi connectivity index (χ2n) is 14.4. The van der Waals surface area contributed by atoms with Gasteiger partial charge in [-0.2, -0.15) is 0 Å². The predicted octanol–water partition coefficient (Wildman–Crippen LogP) is 13.3. The number of nitrogens with zero attached hydrogens (tertiary/aromatic N) is 3. The van der Waals surface area contributed by atoms with E-state index in [2.05, 4.69) is 177 Å². The van der Waals surface area contributed by atoms with Crippen LogP contribution < -0.4 is 10.2 Å². The number of aryl methyl sites for hydroxylation is 1. The Morgan fingerprint density at radius 3 is 1.70 bits per heavy atom. The van der Waals surface area contributed by atoms with Gasteiger partial charge in [0.15, 0.2) is 5.82 Å². The lowest BCUT2D eigenvalue weighted by molar-refractivity contribution is 0.632. The standard InChI is InChI=1S/C50H40N4/c1-34-17-13-14-24-40(34)41-31-43-48(54(39-22-11-6-12-23-39)47-26-16-15-25-42(47)50(43,2)3)33-46(41)51-38-29-27-37(28-30-38)49-52-44(35-18-7-4-8-19-35)32-45(53-49)36-20-9-5-10-21-36/h4-33,51H,1-3H3. The molecule has 0 saturated heterocycles. The number of benzene rings is 7. The minimum absolute atomic E-state index is 0.221. The summed E-state index contributed by atoms with van der Waals surface area (Å²) in [5.41, 5.74) is 16.4. The Morgan fingerprint density at radius 2 is 1.06 bits per heavy atom. The molecule has 0 unspecified atom stereocenters. The van der Waals surface area contributed by atoms with Crippen molar-refractivity contribution in [2.45, 2.75) is 26.2 Å². The topological polar surface area (TPSA) is 41.1 Å². The van der Waals surface area contributed by atoms with E-state index in [4.69, 9.17) is 9.97 Å². The maximum atomic E-state index is 5.06. The quantitative estimate of drug-likeness (QED) is 0.180. The first-order chi connectivity index (χ1) is 26.4. The summed E-state index contributed by atoms with van der Waals surface area (Å²) in [6.07, 6.45) is 0. The number of fused-ring (bicyclic) bond motifs is 2. The third-order valence-corrected chi connectivity index (χ3v) is 10.6. The molecule has 260 valence electrons. The van der Waals surface area contributed by atoms with Gasteiger partial charge in [0.2, 0.25) is 0 Å². The van der Waals surface area contributed by atoms with Crippen molar-refractivity contribution in [2.24, 2.45) is 0 Å². The summed E-state index contributed by atoms with van der Waals surface area (Å²) in [6, 6.07) is 64.1. The molecule has 1 N–H and O–H groups in total. The van der Waals surface area contributed by atoms with E-state index in [1.165, 1.54) is 39.2 Å². The fourth-order valence-corrected chi connectivity index (χ4v) is 7.75. The highest BCUT2D eigenvalue weighted by atomic mass is 15.2. The zero-order valence-corrected chi connectivity index (χ0v) is 30.7. The molecule has 0 radical (unpaired) electrons. The zero-order chi connectivity index (χ0) is 36.6. The lowest BCUT2D eigenvalue weighted by Crippen LogP contribution is -2.30. The molecule has 1 aliphatic rings. The molecule has 7 aromatic carbocycles. The van der Waals surface area contributed by atoms with Gasteiger partial charge in [-0.3, -0.25) is 0 Å². The van der Waals surface area contributed by atoms with Gasteiger partial charge in [-0.25, -0.2) is 9.97 Å². The zero-order valence-electron chi connectivity index (χ0n) is 30.7. The van der Waals surface area contributed by atoms with Crippen LogP contribution in [0.5, 0.6) is 0 Å². The Bertz CT molecular complexity index is 2540. The summed E-state index contributed by atoms with van der Waals surface area (Å²) in [7, 11) is 0. The molecule has 1 aliphatic heterocycles. The molecule has 0 saturated carbocycles. The number of aromatic nitrogens is 2. The minimum atomic E-state index is -0.221. The average molecular weight is 697 g/mol. The van der Waals surface area contributed by atoms with E-state index in [0.29, 0.717) is 5.82 Å². The van der Waals surface area contributed by atoms with E-state index in [0.717, 1.165) is 45.1 Å². The van der Waals surface area contributed by atoms with E-state index >= 15 is 0 Å². The highest BCUT2D eigenvalue weighted by Gasteiger charge is 2.37. The van der Waals surface area contributed by atoms with E-state index in [1.807, 2.05) is 36.4 Å². The average Bonchev–Trinajstić information content (AvgIpc) is 3.22. The number of nitrogens with one attached hydrogen (secondary N) is 1. The maximum Gasteiger partial charge on any atom is 0.160 e. The first kappa shape index (κ1) is 33.1. The molecule has 0 fully saturated rings. The van der Waals surface area contributed by atoms with Gasteiger partial charge < -0.3 is 10.2 Å². The van der Waals surface area contributed by atoms with Crippen LogP contribution in [0.3, 0.4) is 0 Å². The van der Waals surface area contributed by atoms with Crippen LogP contribution in [0.1, 0.15) is 30.5 Å². The van der Waals surface area contributed by atoms with Crippen LogP contribution in [0, 0.1) is 6.92 Å². The van der Waals surface area contributed by atoms with Crippen LogP contribution in [-0.4, -0.2) is 9.97 Å². The second kappa shape index (κ2) is 13.6. The van der Waals surface area contributed by atoms with Crippen LogP contribution in [0.2, 0.25) is 0 Å². The highest BCUT2D eigenvalue weighted by Crippen LogP contribution is 2.54. The molecule has 0 bridgehead atoms. The molecule has 0 spiro atoms. The Labute approximate surface area is 317 Å². The lowest BCUT2D eigenvalue weighted by atomic mass is 9.72. The summed E-state index contributed by atoms with van der Waals surface area (Å²) < 4.78 is 0. The summed E-state index contributed by atoms with van der Waals surface area (Å²) in [6.45, 7) is 6.88. The minimum Gasteiger partial charge on any atom is -0.355 e. The van der Waals surface area contributed by atoms with Crippen molar-refractivity contribution in [3.8, 4) is 45.0 Å². The Kier molecular flexibility index (Phi) is 8.36. The van der Waals surface area contributed by atoms with Crippen molar-refractivity contribution in [1.82, 2.24) is 9.97 Å². The molecule has 8 aromatic rings. The van der Waals surface area contributed by atoms with Gasteiger partial charge in [0.1, 0.15) is 0 Å². The molecule has 9 rings (SSSR count). The largest absolute Gasteiger partial charge is 0.355 e. The highest BCUT2D eigenvalue weighted by molar-refractivity contribution is 5.93. The smallest absolute Gasteiger partial charge is 0.160 e. The Hall–Kier alpha value is -6.78. The van der Waals surface area contributed by atoms with Gasteiger partial charge in [-0.05, 0) is 89.8 Å². The molecule has 0 aliphatic carbocycles. The monoisotopic (exact) mass is 696 g/mol. The Balaban J connectivity index is 1.16. The van der Waals surface area contributed by atoms with Crippen molar-refractivity contribution >= 4 is 28.4 Å². The van der Waals surface area contributed by atoms with Crippen molar-refractivity contribution < 1.29 is 0 Å². The maximum absolute atomic E-state index is 5.06. The van der Waals surface area contributed by atoms with Crippen LogP contribution >= 0.6 is 0 Å². The second-order valence-corrected chi connectivity index (χ2v) is 14.4. The molecule has 54 heavy (non-hydrogen) atoms. The molecular formula is C50H40N4. The van der Waals surface area contributed by atoms with Crippen LogP contribution in [0.25, 0.3) is 45.0 Å². The molecule has 4 nitrogen and oxygen atoms in total. The molecule has 0 atom stereocenters. The summed E-state index contributed by atoms with van der Waals surface area (Å²) in [5.74, 6) is 0.690. The first-order valence-corrected chi connectivity index (χ1v) is 18.5. The number of para-hydroxylation sites is 2. The fraction of sp³-hybridized carbons (Fsp3) is 0.0800. The molecule has 2 heterocycles. The third-order valence-electron chi connectivity index (χ3n) is 10.6. The van der Waals surface area contributed by atoms with E-state index < -0.39 is 0 Å². The van der Waals surface area contributed by atoms with Crippen molar-refractivity contribution in [3.63, 3.8) is 0 Å². The van der Waals surface area contributed by atoms with Gasteiger partial charge >= 0.3 is 0 Å². The number of hydrogen-bond donors (Lipinski definition) is 1. The molecule has 1 aromatic heterocycles. The number of rotatable bonds is 7. The molecule has 4 heteroatoms. The van der Waals surface area contributed by atoms with E-state index in [1.54, 1.807) is 0 Å². The predicted molar refractivity (Wildman–Crippen MR) is 225 cm³/mol. The molecular weight excluding hydrogens is 657 g/mol. The van der Waals surface area contributed by atoms with Crippen molar-refractivity contribution in [2.75, 3.05) is 10.2 Å². The van der Waals surface area contributed by atoms with Gasteiger partial charge in [-0.15, -0.1) is 0 Å². The summed E-state index contributed by atoms with van der Waals surface area (Å²) in [5, 5.41) is 3.86. The third kappa shape index (κ3) is 6.02. The van der Waals surface area contributed by atoms with E-state index in [9.17, 15) is 0 Å². The lowest BCUT2D eigenvalue weighted by Gasteiger charge is -2.42. The van der Waals surface area contributed by atoms with Gasteiger partial charge in [0.05, 0.1) is 22.8 Å².